The van der Waals surface area contributed by atoms with Crippen LogP contribution in [0.3, 0.4) is 0 Å². The van der Waals surface area contributed by atoms with E-state index in [2.05, 4.69) is 26.1 Å². The van der Waals surface area contributed by atoms with Crippen molar-refractivity contribution in [1.82, 2.24) is 15.4 Å². The number of carbonyl (C=O) groups excluding carboxylic acids is 1. The molecule has 0 radical (unpaired) electrons. The van der Waals surface area contributed by atoms with Gasteiger partial charge in [-0.25, -0.2) is 9.97 Å². The van der Waals surface area contributed by atoms with E-state index in [-0.39, 0.29) is 22.2 Å². The fraction of sp³-hybridized carbons (Fsp3) is 0.105. The number of nitrogens with one attached hydrogen (secondary N) is 3. The monoisotopic (exact) mass is 457 g/mol. The molecule has 0 saturated heterocycles. The van der Waals surface area contributed by atoms with Crippen molar-refractivity contribution in [1.29, 1.82) is 0 Å². The second kappa shape index (κ2) is 9.66. The van der Waals surface area contributed by atoms with Crippen LogP contribution >= 0.6 is 11.6 Å². The van der Waals surface area contributed by atoms with E-state index in [0.29, 0.717) is 12.1 Å². The maximum atomic E-state index is 12.4. The van der Waals surface area contributed by atoms with Crippen molar-refractivity contribution in [2.75, 3.05) is 10.7 Å². The molecule has 0 unspecified atom stereocenters. The van der Waals surface area contributed by atoms with Crippen LogP contribution in [-0.4, -0.2) is 25.7 Å². The lowest BCUT2D eigenvalue weighted by Crippen LogP contribution is -2.30. The number of hydrogen-bond acceptors (Lipinski definition) is 9. The van der Waals surface area contributed by atoms with Crippen LogP contribution in [-0.2, 0) is 6.42 Å². The van der Waals surface area contributed by atoms with Crippen LogP contribution in [0.25, 0.3) is 0 Å². The number of hydrogen-bond donors (Lipinski definition) is 3. The quantitative estimate of drug-likeness (QED) is 0.334. The number of nitro groups is 2. The predicted molar refractivity (Wildman–Crippen MR) is 117 cm³/mol. The number of nitro benzene ring substituents is 1. The molecule has 0 spiro atoms. The van der Waals surface area contributed by atoms with Crippen molar-refractivity contribution in [3.63, 3.8) is 0 Å². The van der Waals surface area contributed by atoms with Crippen molar-refractivity contribution in [2.45, 2.75) is 13.3 Å². The zero-order valence-electron chi connectivity index (χ0n) is 16.5. The van der Waals surface area contributed by atoms with Crippen LogP contribution in [0.5, 0.6) is 0 Å². The Balaban J connectivity index is 1.85. The molecular weight excluding hydrogens is 442 g/mol. The third kappa shape index (κ3) is 4.87. The summed E-state index contributed by atoms with van der Waals surface area (Å²) in [4.78, 5) is 41.4. The van der Waals surface area contributed by atoms with Gasteiger partial charge in [-0.3, -0.25) is 35.9 Å². The lowest BCUT2D eigenvalue weighted by Gasteiger charge is -2.12. The predicted octanol–water partition coefficient (Wildman–Crippen LogP) is 4.01. The number of amides is 1. The van der Waals surface area contributed by atoms with E-state index < -0.39 is 27.1 Å². The molecule has 13 heteroatoms. The average Bonchev–Trinajstić information content (AvgIpc) is 2.77. The van der Waals surface area contributed by atoms with E-state index in [1.807, 2.05) is 19.1 Å². The van der Waals surface area contributed by atoms with Crippen LogP contribution in [0, 0.1) is 20.2 Å². The van der Waals surface area contributed by atoms with Crippen molar-refractivity contribution < 1.29 is 14.6 Å². The molecule has 0 aliphatic heterocycles. The highest BCUT2D eigenvalue weighted by molar-refractivity contribution is 6.32. The van der Waals surface area contributed by atoms with Crippen LogP contribution in [0.1, 0.15) is 22.8 Å². The zero-order valence-corrected chi connectivity index (χ0v) is 17.3. The van der Waals surface area contributed by atoms with Gasteiger partial charge in [-0.05, 0) is 30.2 Å². The number of carbonyl (C=O) groups is 1. The highest BCUT2D eigenvalue weighted by Crippen LogP contribution is 2.32. The molecule has 0 saturated carbocycles. The molecule has 12 nitrogen and oxygen atoms in total. The van der Waals surface area contributed by atoms with E-state index in [1.54, 1.807) is 12.1 Å². The zero-order chi connectivity index (χ0) is 23.3. The topological polar surface area (TPSA) is 165 Å². The van der Waals surface area contributed by atoms with Gasteiger partial charge in [0.15, 0.2) is 0 Å². The van der Waals surface area contributed by atoms with Gasteiger partial charge in [0, 0.05) is 17.3 Å². The maximum absolute atomic E-state index is 12.4. The molecule has 0 bridgehead atoms. The summed E-state index contributed by atoms with van der Waals surface area (Å²) in [7, 11) is 0. The summed E-state index contributed by atoms with van der Waals surface area (Å²) in [5.74, 6) is -1.15. The summed E-state index contributed by atoms with van der Waals surface area (Å²) >= 11 is 5.74. The third-order valence-corrected chi connectivity index (χ3v) is 4.68. The molecule has 0 atom stereocenters. The Morgan fingerprint density at radius 1 is 1.06 bits per heavy atom. The maximum Gasteiger partial charge on any atom is 0.355 e. The Labute approximate surface area is 185 Å². The van der Waals surface area contributed by atoms with Crippen molar-refractivity contribution in [2.24, 2.45) is 0 Å². The molecule has 2 aromatic carbocycles. The van der Waals surface area contributed by atoms with E-state index in [1.165, 1.54) is 12.1 Å². The van der Waals surface area contributed by atoms with Gasteiger partial charge >= 0.3 is 5.69 Å². The Morgan fingerprint density at radius 3 is 2.47 bits per heavy atom. The first-order chi connectivity index (χ1) is 15.3. The summed E-state index contributed by atoms with van der Waals surface area (Å²) in [6.07, 6.45) is 1.78. The first kappa shape index (κ1) is 22.4. The van der Waals surface area contributed by atoms with Crippen molar-refractivity contribution in [3.8, 4) is 0 Å². The summed E-state index contributed by atoms with van der Waals surface area (Å²) < 4.78 is 0. The number of anilines is 3. The molecule has 3 aromatic rings. The number of hydrazine groups is 1. The standard InChI is InChI=1S/C19H16ClN7O5/c1-2-11-5-3-4-6-14(11)23-17-16(27(31)32)18(22-10-21-17)24-25-19(28)12-7-8-13(20)15(9-12)26(29)30/h3-10H,2H2,1H3,(H,25,28)(H2,21,22,23,24). The second-order valence-corrected chi connectivity index (χ2v) is 6.72. The Morgan fingerprint density at radius 2 is 1.78 bits per heavy atom. The van der Waals surface area contributed by atoms with Gasteiger partial charge in [0.2, 0.25) is 11.6 Å². The number of nitrogens with zero attached hydrogens (tertiary/aromatic N) is 4. The van der Waals surface area contributed by atoms with Gasteiger partial charge in [0.1, 0.15) is 11.3 Å². The van der Waals surface area contributed by atoms with Gasteiger partial charge in [0.05, 0.1) is 9.85 Å². The first-order valence-electron chi connectivity index (χ1n) is 9.16. The average molecular weight is 458 g/mol. The number of aromatic nitrogens is 2. The van der Waals surface area contributed by atoms with Gasteiger partial charge in [-0.15, -0.1) is 0 Å². The molecule has 1 aromatic heterocycles. The summed E-state index contributed by atoms with van der Waals surface area (Å²) in [6.45, 7) is 1.94. The van der Waals surface area contributed by atoms with E-state index in [9.17, 15) is 25.0 Å². The molecular formula is C19H16ClN7O5. The van der Waals surface area contributed by atoms with Gasteiger partial charge in [-0.1, -0.05) is 36.7 Å². The molecule has 32 heavy (non-hydrogen) atoms. The smallest absolute Gasteiger partial charge is 0.334 e. The minimum Gasteiger partial charge on any atom is -0.334 e. The number of benzene rings is 2. The molecule has 3 rings (SSSR count). The van der Waals surface area contributed by atoms with E-state index >= 15 is 0 Å². The van der Waals surface area contributed by atoms with E-state index in [4.69, 9.17) is 11.6 Å². The third-order valence-electron chi connectivity index (χ3n) is 4.36. The molecule has 3 N–H and O–H groups in total. The fourth-order valence-corrected chi connectivity index (χ4v) is 2.98. The van der Waals surface area contributed by atoms with Crippen molar-refractivity contribution >= 4 is 46.2 Å². The van der Waals surface area contributed by atoms with E-state index in [0.717, 1.165) is 18.0 Å². The minimum absolute atomic E-state index is 0.0789. The number of rotatable bonds is 8. The number of aryl methyl sites for hydroxylation is 1. The number of halogens is 1. The largest absolute Gasteiger partial charge is 0.355 e. The van der Waals surface area contributed by atoms with Gasteiger partial charge in [-0.2, -0.15) is 0 Å². The molecule has 1 amide bonds. The highest BCUT2D eigenvalue weighted by atomic mass is 35.5. The Bertz CT molecular complexity index is 1200. The lowest BCUT2D eigenvalue weighted by molar-refractivity contribution is -0.384. The SMILES string of the molecule is CCc1ccccc1Nc1ncnc(NNC(=O)c2ccc(Cl)c([N+](=O)[O-])c2)c1[N+](=O)[O-]. The first-order valence-corrected chi connectivity index (χ1v) is 9.54. The molecule has 0 aliphatic carbocycles. The van der Waals surface area contributed by atoms with Crippen LogP contribution in [0.15, 0.2) is 48.8 Å². The van der Waals surface area contributed by atoms with Gasteiger partial charge in [0.25, 0.3) is 11.6 Å². The van der Waals surface area contributed by atoms with Gasteiger partial charge < -0.3 is 5.32 Å². The molecule has 1 heterocycles. The van der Waals surface area contributed by atoms with Crippen molar-refractivity contribution in [3.05, 3.63) is 85.2 Å². The Hall–Kier alpha value is -4.32. The minimum atomic E-state index is -0.788. The lowest BCUT2D eigenvalue weighted by atomic mass is 10.1. The molecule has 0 aliphatic rings. The van der Waals surface area contributed by atoms with Crippen LogP contribution in [0.4, 0.5) is 28.7 Å². The second-order valence-electron chi connectivity index (χ2n) is 6.31. The summed E-state index contributed by atoms with van der Waals surface area (Å²) in [6, 6.07) is 10.7. The molecule has 0 fully saturated rings. The van der Waals surface area contributed by atoms with Crippen LogP contribution in [0.2, 0.25) is 5.02 Å². The van der Waals surface area contributed by atoms with Crippen LogP contribution < -0.4 is 16.2 Å². The normalized spacial score (nSPS) is 10.3. The number of para-hydroxylation sites is 1. The fourth-order valence-electron chi connectivity index (χ4n) is 2.79. The summed E-state index contributed by atoms with van der Waals surface area (Å²) in [5, 5.41) is 25.5. The highest BCUT2D eigenvalue weighted by Gasteiger charge is 2.24. The summed E-state index contributed by atoms with van der Waals surface area (Å²) in [5.41, 5.74) is 5.14. The Kier molecular flexibility index (Phi) is 6.75. The molecule has 164 valence electrons.